The molecule has 0 spiro atoms. The molecule has 1 aliphatic heterocycles. The molecule has 0 aliphatic carbocycles. The summed E-state index contributed by atoms with van der Waals surface area (Å²) in [6.45, 7) is 1.45. The van der Waals surface area contributed by atoms with Gasteiger partial charge in [-0.2, -0.15) is 0 Å². The number of aliphatic hydroxyl groups is 1. The fourth-order valence-corrected chi connectivity index (χ4v) is 2.31. The maximum absolute atomic E-state index is 8.77. The summed E-state index contributed by atoms with van der Waals surface area (Å²) in [7, 11) is 0. The highest BCUT2D eigenvalue weighted by molar-refractivity contribution is 5.85. The number of rotatable bonds is 3. The highest BCUT2D eigenvalue weighted by atomic mass is 16.3. The van der Waals surface area contributed by atoms with Crippen LogP contribution in [0.5, 0.6) is 0 Å². The SMILES string of the molecule is OCCNC1=NCC(c2cc3ccccc3o2)C1. The van der Waals surface area contributed by atoms with E-state index in [4.69, 9.17) is 9.52 Å². The fraction of sp³-hybridized carbons (Fsp3) is 0.357. The molecule has 0 saturated carbocycles. The van der Waals surface area contributed by atoms with Crippen molar-refractivity contribution in [3.63, 3.8) is 0 Å². The van der Waals surface area contributed by atoms with Crippen molar-refractivity contribution in [2.45, 2.75) is 12.3 Å². The number of para-hydroxylation sites is 1. The van der Waals surface area contributed by atoms with Crippen molar-refractivity contribution in [2.24, 2.45) is 4.99 Å². The lowest BCUT2D eigenvalue weighted by Gasteiger charge is -2.05. The molecule has 0 saturated heterocycles. The molecule has 2 N–H and O–H groups in total. The van der Waals surface area contributed by atoms with Crippen molar-refractivity contribution in [1.29, 1.82) is 0 Å². The number of hydrogen-bond donors (Lipinski definition) is 2. The van der Waals surface area contributed by atoms with Crippen LogP contribution in [0.25, 0.3) is 11.0 Å². The zero-order valence-electron chi connectivity index (χ0n) is 10.1. The van der Waals surface area contributed by atoms with Crippen LogP contribution in [0.4, 0.5) is 0 Å². The highest BCUT2D eigenvalue weighted by Gasteiger charge is 2.23. The second-order valence-corrected chi connectivity index (χ2v) is 4.53. The monoisotopic (exact) mass is 244 g/mol. The Labute approximate surface area is 105 Å². The molecule has 18 heavy (non-hydrogen) atoms. The summed E-state index contributed by atoms with van der Waals surface area (Å²) < 4.78 is 5.85. The molecular weight excluding hydrogens is 228 g/mol. The number of benzene rings is 1. The Kier molecular flexibility index (Phi) is 3.02. The van der Waals surface area contributed by atoms with Crippen molar-refractivity contribution in [2.75, 3.05) is 19.7 Å². The zero-order valence-corrected chi connectivity index (χ0v) is 10.1. The van der Waals surface area contributed by atoms with E-state index >= 15 is 0 Å². The van der Waals surface area contributed by atoms with Crippen LogP contribution in [-0.2, 0) is 0 Å². The molecule has 4 heteroatoms. The number of aliphatic imine (C=N–C) groups is 1. The number of amidine groups is 1. The minimum absolute atomic E-state index is 0.133. The van der Waals surface area contributed by atoms with E-state index in [2.05, 4.69) is 22.4 Å². The van der Waals surface area contributed by atoms with Gasteiger partial charge in [0.2, 0.25) is 0 Å². The molecule has 1 aromatic heterocycles. The first-order chi connectivity index (χ1) is 8.86. The van der Waals surface area contributed by atoms with E-state index in [-0.39, 0.29) is 6.61 Å². The van der Waals surface area contributed by atoms with Gasteiger partial charge in [-0.3, -0.25) is 4.99 Å². The van der Waals surface area contributed by atoms with Gasteiger partial charge in [0.1, 0.15) is 11.3 Å². The van der Waals surface area contributed by atoms with Gasteiger partial charge >= 0.3 is 0 Å². The lowest BCUT2D eigenvalue weighted by atomic mass is 10.0. The Morgan fingerprint density at radius 1 is 1.39 bits per heavy atom. The van der Waals surface area contributed by atoms with Crippen LogP contribution in [0.3, 0.4) is 0 Å². The second-order valence-electron chi connectivity index (χ2n) is 4.53. The number of nitrogens with one attached hydrogen (secondary N) is 1. The molecule has 2 aromatic rings. The maximum atomic E-state index is 8.77. The fourth-order valence-electron chi connectivity index (χ4n) is 2.31. The maximum Gasteiger partial charge on any atom is 0.134 e. The van der Waals surface area contributed by atoms with Crippen LogP contribution >= 0.6 is 0 Å². The van der Waals surface area contributed by atoms with Crippen molar-refractivity contribution in [3.8, 4) is 0 Å². The van der Waals surface area contributed by atoms with E-state index in [1.54, 1.807) is 0 Å². The molecule has 1 aromatic carbocycles. The first kappa shape index (κ1) is 11.3. The van der Waals surface area contributed by atoms with Gasteiger partial charge in [-0.05, 0) is 12.1 Å². The third kappa shape index (κ3) is 2.11. The van der Waals surface area contributed by atoms with Crippen LogP contribution in [0.15, 0.2) is 39.7 Å². The molecular formula is C14H16N2O2. The van der Waals surface area contributed by atoms with Crippen LogP contribution in [0.2, 0.25) is 0 Å². The lowest BCUT2D eigenvalue weighted by molar-refractivity contribution is 0.300. The van der Waals surface area contributed by atoms with Gasteiger partial charge in [0, 0.05) is 24.3 Å². The minimum Gasteiger partial charge on any atom is -0.461 e. The Bertz CT molecular complexity index is 541. The number of furan rings is 1. The molecule has 3 rings (SSSR count). The summed E-state index contributed by atoms with van der Waals surface area (Å²) in [6, 6.07) is 10.1. The zero-order chi connectivity index (χ0) is 12.4. The molecule has 4 nitrogen and oxygen atoms in total. The van der Waals surface area contributed by atoms with E-state index in [0.29, 0.717) is 12.5 Å². The highest BCUT2D eigenvalue weighted by Crippen LogP contribution is 2.30. The number of nitrogens with zero attached hydrogens (tertiary/aromatic N) is 1. The Morgan fingerprint density at radius 2 is 2.28 bits per heavy atom. The van der Waals surface area contributed by atoms with Gasteiger partial charge in [-0.1, -0.05) is 18.2 Å². The van der Waals surface area contributed by atoms with Gasteiger partial charge in [0.05, 0.1) is 19.0 Å². The summed E-state index contributed by atoms with van der Waals surface area (Å²) in [6.07, 6.45) is 0.861. The van der Waals surface area contributed by atoms with Crippen molar-refractivity contribution >= 4 is 16.8 Å². The summed E-state index contributed by atoms with van der Waals surface area (Å²) in [5, 5.41) is 13.0. The third-order valence-electron chi connectivity index (χ3n) is 3.23. The normalized spacial score (nSPS) is 19.2. The molecule has 0 fully saturated rings. The van der Waals surface area contributed by atoms with E-state index < -0.39 is 0 Å². The van der Waals surface area contributed by atoms with Crippen molar-refractivity contribution in [3.05, 3.63) is 36.1 Å². The summed E-state index contributed by atoms with van der Waals surface area (Å²) in [5.41, 5.74) is 0.935. The number of aliphatic hydroxyl groups excluding tert-OH is 1. The van der Waals surface area contributed by atoms with E-state index in [0.717, 1.165) is 35.5 Å². The third-order valence-corrected chi connectivity index (χ3v) is 3.23. The lowest BCUT2D eigenvalue weighted by Crippen LogP contribution is -2.25. The van der Waals surface area contributed by atoms with Gasteiger partial charge < -0.3 is 14.8 Å². The van der Waals surface area contributed by atoms with Crippen molar-refractivity contribution < 1.29 is 9.52 Å². The smallest absolute Gasteiger partial charge is 0.134 e. The summed E-state index contributed by atoms with van der Waals surface area (Å²) in [4.78, 5) is 4.44. The average molecular weight is 244 g/mol. The van der Waals surface area contributed by atoms with Gasteiger partial charge in [-0.25, -0.2) is 0 Å². The minimum atomic E-state index is 0.133. The molecule has 1 aliphatic rings. The average Bonchev–Trinajstić information content (AvgIpc) is 3.02. The van der Waals surface area contributed by atoms with Gasteiger partial charge in [0.25, 0.3) is 0 Å². The van der Waals surface area contributed by atoms with Crippen LogP contribution in [0, 0.1) is 0 Å². The summed E-state index contributed by atoms with van der Waals surface area (Å²) in [5.74, 6) is 2.29. The Balaban J connectivity index is 1.73. The first-order valence-corrected chi connectivity index (χ1v) is 6.23. The van der Waals surface area contributed by atoms with Crippen molar-refractivity contribution in [1.82, 2.24) is 5.32 Å². The largest absolute Gasteiger partial charge is 0.461 e. The molecule has 1 atom stereocenters. The van der Waals surface area contributed by atoms with Crippen LogP contribution in [-0.4, -0.2) is 30.6 Å². The van der Waals surface area contributed by atoms with E-state index in [1.165, 1.54) is 0 Å². The molecule has 94 valence electrons. The second kappa shape index (κ2) is 4.82. The predicted molar refractivity (Wildman–Crippen MR) is 71.0 cm³/mol. The number of fused-ring (bicyclic) bond motifs is 1. The van der Waals surface area contributed by atoms with Gasteiger partial charge in [0.15, 0.2) is 0 Å². The molecule has 1 unspecified atom stereocenters. The first-order valence-electron chi connectivity index (χ1n) is 6.23. The van der Waals surface area contributed by atoms with Crippen LogP contribution in [0.1, 0.15) is 18.1 Å². The Hall–Kier alpha value is -1.81. The standard InChI is InChI=1S/C14H16N2O2/c17-6-5-15-14-8-11(9-16-14)13-7-10-3-1-2-4-12(10)18-13/h1-4,7,11,17H,5-6,8-9H2,(H,15,16). The van der Waals surface area contributed by atoms with Gasteiger partial charge in [-0.15, -0.1) is 0 Å². The summed E-state index contributed by atoms with van der Waals surface area (Å²) >= 11 is 0. The molecule has 0 amide bonds. The number of hydrogen-bond acceptors (Lipinski definition) is 4. The predicted octanol–water partition coefficient (Wildman–Crippen LogP) is 1.90. The van der Waals surface area contributed by atoms with Crippen LogP contribution < -0.4 is 5.32 Å². The quantitative estimate of drug-likeness (QED) is 0.867. The molecule has 0 bridgehead atoms. The topological polar surface area (TPSA) is 57.8 Å². The molecule has 2 heterocycles. The van der Waals surface area contributed by atoms with E-state index in [1.807, 2.05) is 18.2 Å². The Morgan fingerprint density at radius 3 is 3.11 bits per heavy atom. The van der Waals surface area contributed by atoms with E-state index in [9.17, 15) is 0 Å². The molecule has 0 radical (unpaired) electrons.